The van der Waals surface area contributed by atoms with Gasteiger partial charge in [-0.15, -0.1) is 0 Å². The zero-order chi connectivity index (χ0) is 18.1. The van der Waals surface area contributed by atoms with E-state index in [-0.39, 0.29) is 30.7 Å². The lowest BCUT2D eigenvalue weighted by molar-refractivity contribution is 0.0698. The second-order valence-electron chi connectivity index (χ2n) is 6.08. The Morgan fingerprint density at radius 1 is 0.885 bits per heavy atom. The van der Waals surface area contributed by atoms with Gasteiger partial charge >= 0.3 is 0 Å². The highest BCUT2D eigenvalue weighted by Gasteiger charge is 2.31. The average molecular weight is 374 g/mol. The van der Waals surface area contributed by atoms with Crippen molar-refractivity contribution in [1.82, 2.24) is 9.21 Å². The maximum absolute atomic E-state index is 12.9. The van der Waals surface area contributed by atoms with Crippen LogP contribution < -0.4 is 9.47 Å². The molecule has 2 heterocycles. The summed E-state index contributed by atoms with van der Waals surface area (Å²) in [5.74, 6) is 0.900. The monoisotopic (exact) mass is 374 g/mol. The van der Waals surface area contributed by atoms with E-state index in [1.165, 1.54) is 16.4 Å². The van der Waals surface area contributed by atoms with Crippen LogP contribution in [0.2, 0.25) is 0 Å². The van der Waals surface area contributed by atoms with Gasteiger partial charge in [0.1, 0.15) is 0 Å². The first-order valence-electron chi connectivity index (χ1n) is 8.30. The number of carbonyl (C=O) groups is 1. The van der Waals surface area contributed by atoms with Gasteiger partial charge in [-0.05, 0) is 24.3 Å². The van der Waals surface area contributed by atoms with Crippen molar-refractivity contribution in [3.8, 4) is 11.5 Å². The van der Waals surface area contributed by atoms with Crippen LogP contribution in [0.25, 0.3) is 0 Å². The summed E-state index contributed by atoms with van der Waals surface area (Å²) in [5, 5.41) is 0. The largest absolute Gasteiger partial charge is 0.454 e. The van der Waals surface area contributed by atoms with E-state index in [1.807, 2.05) is 18.2 Å². The molecule has 2 aliphatic heterocycles. The molecule has 1 amide bonds. The Labute approximate surface area is 151 Å². The number of carbonyl (C=O) groups excluding carboxylic acids is 1. The van der Waals surface area contributed by atoms with Crippen LogP contribution in [0, 0.1) is 0 Å². The molecule has 7 nitrogen and oxygen atoms in total. The third kappa shape index (κ3) is 3.02. The van der Waals surface area contributed by atoms with E-state index in [4.69, 9.17) is 9.47 Å². The summed E-state index contributed by atoms with van der Waals surface area (Å²) in [4.78, 5) is 14.3. The fraction of sp³-hybridized carbons (Fsp3) is 0.278. The van der Waals surface area contributed by atoms with E-state index in [0.717, 1.165) is 0 Å². The van der Waals surface area contributed by atoms with E-state index in [9.17, 15) is 13.2 Å². The van der Waals surface area contributed by atoms with Crippen molar-refractivity contribution < 1.29 is 22.7 Å². The first-order chi connectivity index (χ1) is 12.6. The molecule has 4 rings (SSSR count). The fourth-order valence-corrected chi connectivity index (χ4v) is 4.52. The third-order valence-corrected chi connectivity index (χ3v) is 6.42. The predicted octanol–water partition coefficient (Wildman–Crippen LogP) is 1.56. The average Bonchev–Trinajstić information content (AvgIpc) is 3.16. The van der Waals surface area contributed by atoms with Crippen LogP contribution in [0.1, 0.15) is 10.4 Å². The number of piperazine rings is 1. The first kappa shape index (κ1) is 16.9. The Hall–Kier alpha value is -2.58. The first-order valence-corrected chi connectivity index (χ1v) is 9.74. The van der Waals surface area contributed by atoms with Crippen molar-refractivity contribution in [2.75, 3.05) is 33.0 Å². The second kappa shape index (κ2) is 6.62. The Kier molecular flexibility index (Phi) is 4.29. The van der Waals surface area contributed by atoms with Gasteiger partial charge in [0.25, 0.3) is 5.91 Å². The van der Waals surface area contributed by atoms with Gasteiger partial charge in [-0.1, -0.05) is 18.2 Å². The van der Waals surface area contributed by atoms with E-state index in [2.05, 4.69) is 0 Å². The summed E-state index contributed by atoms with van der Waals surface area (Å²) < 4.78 is 37.6. The Balaban J connectivity index is 1.46. The van der Waals surface area contributed by atoms with Crippen LogP contribution in [-0.4, -0.2) is 56.5 Å². The summed E-state index contributed by atoms with van der Waals surface area (Å²) in [5.41, 5.74) is 0.611. The molecule has 1 saturated heterocycles. The molecule has 26 heavy (non-hydrogen) atoms. The molecule has 0 unspecified atom stereocenters. The normalized spacial score (nSPS) is 17.3. The summed E-state index contributed by atoms with van der Waals surface area (Å²) >= 11 is 0. The Bertz CT molecular complexity index is 922. The Morgan fingerprint density at radius 3 is 2.31 bits per heavy atom. The number of hydrogen-bond acceptors (Lipinski definition) is 5. The molecule has 0 radical (unpaired) electrons. The van der Waals surface area contributed by atoms with Crippen LogP contribution in [0.3, 0.4) is 0 Å². The van der Waals surface area contributed by atoms with Gasteiger partial charge in [0.15, 0.2) is 11.5 Å². The molecule has 0 saturated carbocycles. The van der Waals surface area contributed by atoms with Gasteiger partial charge in [-0.2, -0.15) is 4.31 Å². The molecular formula is C18H18N2O5S. The predicted molar refractivity (Wildman–Crippen MR) is 93.7 cm³/mol. The molecule has 0 N–H and O–H groups in total. The summed E-state index contributed by atoms with van der Waals surface area (Å²) in [7, 11) is -3.64. The lowest BCUT2D eigenvalue weighted by Crippen LogP contribution is -2.50. The molecule has 2 aromatic carbocycles. The number of ether oxygens (including phenoxy) is 2. The van der Waals surface area contributed by atoms with Crippen molar-refractivity contribution in [3.05, 3.63) is 54.1 Å². The number of sulfonamides is 1. The van der Waals surface area contributed by atoms with Gasteiger partial charge in [0.2, 0.25) is 16.8 Å². The lowest BCUT2D eigenvalue weighted by Gasteiger charge is -2.34. The van der Waals surface area contributed by atoms with Gasteiger partial charge in [-0.25, -0.2) is 8.42 Å². The molecule has 2 aromatic rings. The number of amides is 1. The molecule has 0 aromatic heterocycles. The zero-order valence-electron chi connectivity index (χ0n) is 14.0. The summed E-state index contributed by atoms with van der Waals surface area (Å²) in [6.45, 7) is 1.33. The highest BCUT2D eigenvalue weighted by Crippen LogP contribution is 2.34. The quantitative estimate of drug-likeness (QED) is 0.815. The number of benzene rings is 2. The number of fused-ring (bicyclic) bond motifs is 1. The molecule has 136 valence electrons. The minimum Gasteiger partial charge on any atom is -0.454 e. The minimum atomic E-state index is -3.64. The van der Waals surface area contributed by atoms with Crippen molar-refractivity contribution in [2.24, 2.45) is 0 Å². The number of hydrogen-bond donors (Lipinski definition) is 0. The van der Waals surface area contributed by atoms with Gasteiger partial charge in [0.05, 0.1) is 4.90 Å². The number of rotatable bonds is 3. The lowest BCUT2D eigenvalue weighted by atomic mass is 10.2. The highest BCUT2D eigenvalue weighted by molar-refractivity contribution is 7.89. The molecule has 0 bridgehead atoms. The molecule has 0 atom stereocenters. The minimum absolute atomic E-state index is 0.0780. The topological polar surface area (TPSA) is 76.2 Å². The van der Waals surface area contributed by atoms with E-state index in [1.54, 1.807) is 23.1 Å². The molecular weight excluding hydrogens is 356 g/mol. The SMILES string of the molecule is O=C(c1ccccc1)N1CCN(S(=O)(=O)c2ccc3c(c2)OCO3)CC1. The summed E-state index contributed by atoms with van der Waals surface area (Å²) in [6.07, 6.45) is 0. The van der Waals surface area contributed by atoms with E-state index >= 15 is 0 Å². The van der Waals surface area contributed by atoms with E-state index in [0.29, 0.717) is 30.2 Å². The smallest absolute Gasteiger partial charge is 0.253 e. The molecule has 1 fully saturated rings. The van der Waals surface area contributed by atoms with Gasteiger partial charge in [0, 0.05) is 37.8 Å². The van der Waals surface area contributed by atoms with Crippen LogP contribution >= 0.6 is 0 Å². The van der Waals surface area contributed by atoms with Crippen LogP contribution in [0.5, 0.6) is 11.5 Å². The molecule has 0 spiro atoms. The number of nitrogens with zero attached hydrogens (tertiary/aromatic N) is 2. The zero-order valence-corrected chi connectivity index (χ0v) is 14.8. The molecule has 2 aliphatic rings. The van der Waals surface area contributed by atoms with Crippen molar-refractivity contribution in [2.45, 2.75) is 4.90 Å². The van der Waals surface area contributed by atoms with Crippen molar-refractivity contribution in [1.29, 1.82) is 0 Å². The Morgan fingerprint density at radius 2 is 1.58 bits per heavy atom. The van der Waals surface area contributed by atoms with Crippen LogP contribution in [-0.2, 0) is 10.0 Å². The summed E-state index contributed by atoms with van der Waals surface area (Å²) in [6, 6.07) is 13.6. The second-order valence-corrected chi connectivity index (χ2v) is 8.02. The molecule has 0 aliphatic carbocycles. The van der Waals surface area contributed by atoms with E-state index < -0.39 is 10.0 Å². The van der Waals surface area contributed by atoms with Crippen LogP contribution in [0.15, 0.2) is 53.4 Å². The van der Waals surface area contributed by atoms with Crippen LogP contribution in [0.4, 0.5) is 0 Å². The highest BCUT2D eigenvalue weighted by atomic mass is 32.2. The fourth-order valence-electron chi connectivity index (χ4n) is 3.08. The third-order valence-electron chi connectivity index (χ3n) is 4.53. The van der Waals surface area contributed by atoms with Gasteiger partial charge < -0.3 is 14.4 Å². The maximum Gasteiger partial charge on any atom is 0.253 e. The van der Waals surface area contributed by atoms with Gasteiger partial charge in [-0.3, -0.25) is 4.79 Å². The maximum atomic E-state index is 12.9. The standard InChI is InChI=1S/C18H18N2O5S/c21-18(14-4-2-1-3-5-14)19-8-10-20(11-9-19)26(22,23)15-6-7-16-17(12-15)25-13-24-16/h1-7,12H,8-11,13H2. The van der Waals surface area contributed by atoms with Crippen molar-refractivity contribution in [3.63, 3.8) is 0 Å². The molecule has 8 heteroatoms. The van der Waals surface area contributed by atoms with Crippen molar-refractivity contribution >= 4 is 15.9 Å².